The second kappa shape index (κ2) is 2.54. The lowest BCUT2D eigenvalue weighted by atomic mass is 10.2. The molecule has 0 aliphatic carbocycles. The summed E-state index contributed by atoms with van der Waals surface area (Å²) in [7, 11) is 0. The van der Waals surface area contributed by atoms with Crippen molar-refractivity contribution in [3.63, 3.8) is 0 Å². The molecule has 0 unspecified atom stereocenters. The number of nitrogens with one attached hydrogen (secondary N) is 2. The fourth-order valence-electron chi connectivity index (χ4n) is 1.80. The summed E-state index contributed by atoms with van der Waals surface area (Å²) in [4.78, 5) is 7.55. The molecule has 3 heteroatoms. The molecule has 1 aromatic heterocycles. The zero-order valence-electron chi connectivity index (χ0n) is 7.54. The molecule has 68 valence electrons. The third-order valence-electron chi connectivity index (χ3n) is 2.45. The number of fused-ring (bicyclic) bond motifs is 3. The van der Waals surface area contributed by atoms with Gasteiger partial charge in [-0.05, 0) is 6.07 Å². The van der Waals surface area contributed by atoms with E-state index in [1.807, 2.05) is 30.3 Å². The van der Waals surface area contributed by atoms with Gasteiger partial charge in [0, 0.05) is 17.3 Å². The number of para-hydroxylation sites is 1. The molecule has 0 amide bonds. The van der Waals surface area contributed by atoms with Crippen molar-refractivity contribution in [2.75, 3.05) is 0 Å². The number of aromatic nitrogens is 1. The minimum Gasteiger partial charge on any atom is -0.353 e. The van der Waals surface area contributed by atoms with E-state index in [0.717, 1.165) is 21.6 Å². The second-order valence-electron chi connectivity index (χ2n) is 3.40. The van der Waals surface area contributed by atoms with Crippen LogP contribution in [0.4, 0.5) is 0 Å². The Bertz CT molecular complexity index is 634. The minimum absolute atomic E-state index is 0.433. The van der Waals surface area contributed by atoms with Crippen LogP contribution in [0, 0.1) is 5.41 Å². The summed E-state index contributed by atoms with van der Waals surface area (Å²) in [5.41, 5.74) is 1.09. The van der Waals surface area contributed by atoms with Crippen LogP contribution in [0.2, 0.25) is 0 Å². The minimum atomic E-state index is 0.433. The molecular formula is C11H9N3. The zero-order valence-corrected chi connectivity index (χ0v) is 7.54. The van der Waals surface area contributed by atoms with E-state index in [2.05, 4.69) is 9.98 Å². The van der Waals surface area contributed by atoms with Gasteiger partial charge in [0.25, 0.3) is 0 Å². The molecule has 0 spiro atoms. The number of hydrogen-bond donors (Lipinski definition) is 2. The number of nitrogens with zero attached hydrogens (tertiary/aromatic N) is 1. The highest BCUT2D eigenvalue weighted by atomic mass is 14.9. The summed E-state index contributed by atoms with van der Waals surface area (Å²) >= 11 is 0. The SMILES string of the molecule is N=C1CC=c2[nH]c3ccccc3c2=N1. The van der Waals surface area contributed by atoms with Crippen LogP contribution in [0.5, 0.6) is 0 Å². The molecule has 1 aromatic carbocycles. The third-order valence-corrected chi connectivity index (χ3v) is 2.45. The highest BCUT2D eigenvalue weighted by molar-refractivity contribution is 5.89. The summed E-state index contributed by atoms with van der Waals surface area (Å²) in [5, 5.41) is 10.6. The Morgan fingerprint density at radius 2 is 2.14 bits per heavy atom. The van der Waals surface area contributed by atoms with Gasteiger partial charge in [-0.2, -0.15) is 0 Å². The monoisotopic (exact) mass is 183 g/mol. The average molecular weight is 183 g/mol. The number of rotatable bonds is 0. The smallest absolute Gasteiger partial charge is 0.125 e. The van der Waals surface area contributed by atoms with E-state index in [9.17, 15) is 0 Å². The van der Waals surface area contributed by atoms with Crippen molar-refractivity contribution in [3.05, 3.63) is 35.0 Å². The van der Waals surface area contributed by atoms with E-state index < -0.39 is 0 Å². The lowest BCUT2D eigenvalue weighted by Gasteiger charge is -1.95. The van der Waals surface area contributed by atoms with Gasteiger partial charge in [-0.3, -0.25) is 5.41 Å². The van der Waals surface area contributed by atoms with Crippen LogP contribution >= 0.6 is 0 Å². The van der Waals surface area contributed by atoms with Gasteiger partial charge in [-0.25, -0.2) is 4.99 Å². The van der Waals surface area contributed by atoms with Gasteiger partial charge in [0.2, 0.25) is 0 Å². The largest absolute Gasteiger partial charge is 0.353 e. The van der Waals surface area contributed by atoms with Crippen LogP contribution in [0.25, 0.3) is 17.0 Å². The highest BCUT2D eigenvalue weighted by Gasteiger charge is 2.05. The van der Waals surface area contributed by atoms with Crippen molar-refractivity contribution in [2.24, 2.45) is 4.99 Å². The summed E-state index contributed by atoms with van der Waals surface area (Å²) in [5.74, 6) is 0.433. The van der Waals surface area contributed by atoms with Crippen molar-refractivity contribution in [2.45, 2.75) is 6.42 Å². The Hall–Kier alpha value is -1.90. The van der Waals surface area contributed by atoms with E-state index >= 15 is 0 Å². The van der Waals surface area contributed by atoms with Gasteiger partial charge in [-0.15, -0.1) is 0 Å². The predicted molar refractivity (Wildman–Crippen MR) is 55.9 cm³/mol. The number of H-pyrrole nitrogens is 1. The van der Waals surface area contributed by atoms with Crippen LogP contribution in [-0.4, -0.2) is 10.8 Å². The molecule has 0 radical (unpaired) electrons. The van der Waals surface area contributed by atoms with E-state index in [-0.39, 0.29) is 0 Å². The maximum Gasteiger partial charge on any atom is 0.125 e. The molecule has 0 saturated heterocycles. The number of aromatic amines is 1. The summed E-state index contributed by atoms with van der Waals surface area (Å²) < 4.78 is 0. The summed E-state index contributed by atoms with van der Waals surface area (Å²) in [6.07, 6.45) is 2.64. The molecule has 3 nitrogen and oxygen atoms in total. The van der Waals surface area contributed by atoms with Gasteiger partial charge in [0.05, 0.1) is 10.7 Å². The Balaban J connectivity index is 2.60. The van der Waals surface area contributed by atoms with Crippen molar-refractivity contribution in [1.29, 1.82) is 5.41 Å². The Morgan fingerprint density at radius 1 is 1.29 bits per heavy atom. The fourth-order valence-corrected chi connectivity index (χ4v) is 1.80. The molecule has 3 rings (SSSR count). The number of amidine groups is 1. The van der Waals surface area contributed by atoms with Gasteiger partial charge in [0.15, 0.2) is 0 Å². The zero-order chi connectivity index (χ0) is 9.54. The molecule has 0 bridgehead atoms. The standard InChI is InChI=1S/C11H9N3/c12-10-6-5-9-11(14-10)7-3-1-2-4-8(7)13-9/h1-5,12-13H,6H2. The molecule has 2 N–H and O–H groups in total. The maximum absolute atomic E-state index is 7.52. The molecule has 0 atom stereocenters. The lowest BCUT2D eigenvalue weighted by Crippen LogP contribution is -2.27. The predicted octanol–water partition coefficient (Wildman–Crippen LogP) is 0.949. The maximum atomic E-state index is 7.52. The van der Waals surface area contributed by atoms with Crippen LogP contribution in [0.15, 0.2) is 29.3 Å². The second-order valence-corrected chi connectivity index (χ2v) is 3.40. The van der Waals surface area contributed by atoms with Crippen molar-refractivity contribution in [1.82, 2.24) is 4.98 Å². The molecule has 2 heterocycles. The quantitative estimate of drug-likeness (QED) is 0.611. The number of benzene rings is 1. The molecule has 0 saturated carbocycles. The Morgan fingerprint density at radius 3 is 3.07 bits per heavy atom. The molecule has 0 fully saturated rings. The number of hydrogen-bond acceptors (Lipinski definition) is 1. The molecular weight excluding hydrogens is 174 g/mol. The highest BCUT2D eigenvalue weighted by Crippen LogP contribution is 2.05. The molecule has 2 aromatic rings. The Kier molecular flexibility index (Phi) is 1.36. The molecule has 1 aliphatic rings. The first-order chi connectivity index (χ1) is 6.84. The van der Waals surface area contributed by atoms with E-state index in [1.54, 1.807) is 0 Å². The van der Waals surface area contributed by atoms with E-state index in [0.29, 0.717) is 12.3 Å². The van der Waals surface area contributed by atoms with Crippen LogP contribution < -0.4 is 10.7 Å². The van der Waals surface area contributed by atoms with Crippen LogP contribution in [0.3, 0.4) is 0 Å². The normalized spacial score (nSPS) is 14.7. The summed E-state index contributed by atoms with van der Waals surface area (Å²) in [6, 6.07) is 8.04. The third kappa shape index (κ3) is 0.923. The first-order valence-corrected chi connectivity index (χ1v) is 4.58. The molecule has 1 aliphatic heterocycles. The van der Waals surface area contributed by atoms with Crippen molar-refractivity contribution >= 4 is 22.8 Å². The van der Waals surface area contributed by atoms with E-state index in [4.69, 9.17) is 5.41 Å². The topological polar surface area (TPSA) is 52.0 Å². The van der Waals surface area contributed by atoms with Crippen molar-refractivity contribution in [3.8, 4) is 0 Å². The van der Waals surface area contributed by atoms with E-state index in [1.165, 1.54) is 0 Å². The fraction of sp³-hybridized carbons (Fsp3) is 0.0909. The van der Waals surface area contributed by atoms with Crippen molar-refractivity contribution < 1.29 is 0 Å². The first kappa shape index (κ1) is 7.50. The molecule has 14 heavy (non-hydrogen) atoms. The van der Waals surface area contributed by atoms with Crippen LogP contribution in [-0.2, 0) is 0 Å². The average Bonchev–Trinajstić information content (AvgIpc) is 2.56. The van der Waals surface area contributed by atoms with Gasteiger partial charge >= 0.3 is 0 Å². The first-order valence-electron chi connectivity index (χ1n) is 4.58. The van der Waals surface area contributed by atoms with Gasteiger partial charge < -0.3 is 4.98 Å². The van der Waals surface area contributed by atoms with Gasteiger partial charge in [0.1, 0.15) is 5.84 Å². The lowest BCUT2D eigenvalue weighted by molar-refractivity contribution is 1.20. The summed E-state index contributed by atoms with van der Waals surface area (Å²) in [6.45, 7) is 0. The van der Waals surface area contributed by atoms with Crippen LogP contribution in [0.1, 0.15) is 6.42 Å². The van der Waals surface area contributed by atoms with Gasteiger partial charge in [-0.1, -0.05) is 24.3 Å². The Labute approximate surface area is 80.3 Å².